The predicted octanol–water partition coefficient (Wildman–Crippen LogP) is 0.520. The van der Waals surface area contributed by atoms with Crippen LogP contribution in [0.4, 0.5) is 0 Å². The van der Waals surface area contributed by atoms with Crippen molar-refractivity contribution >= 4 is 5.97 Å². The number of carbonyl (C=O) groups is 1. The molecule has 0 aromatic rings. The molecule has 0 saturated heterocycles. The summed E-state index contributed by atoms with van der Waals surface area (Å²) in [4.78, 5) is 10.2. The fourth-order valence-electron chi connectivity index (χ4n) is 1.73. The van der Waals surface area contributed by atoms with Gasteiger partial charge in [-0.05, 0) is 12.8 Å². The standard InChI is InChI=1S/C10H17NO3/c12-9-5-2-1-4-8(9)11-7-3-6-10(13)14/h3,6,8-9,11-12H,1-2,4-5,7H2,(H,13,14)/b6-3+. The average molecular weight is 199 g/mol. The van der Waals surface area contributed by atoms with Crippen LogP contribution in [-0.2, 0) is 4.79 Å². The minimum absolute atomic E-state index is 0.127. The van der Waals surface area contributed by atoms with Crippen LogP contribution in [0.15, 0.2) is 12.2 Å². The van der Waals surface area contributed by atoms with Crippen LogP contribution in [0.5, 0.6) is 0 Å². The number of aliphatic hydroxyl groups excluding tert-OH is 1. The smallest absolute Gasteiger partial charge is 0.328 e. The molecule has 2 atom stereocenters. The highest BCUT2D eigenvalue weighted by molar-refractivity contribution is 5.79. The van der Waals surface area contributed by atoms with Crippen LogP contribution >= 0.6 is 0 Å². The lowest BCUT2D eigenvalue weighted by Crippen LogP contribution is -2.42. The van der Waals surface area contributed by atoms with Gasteiger partial charge in [0.2, 0.25) is 0 Å². The second-order valence-electron chi connectivity index (χ2n) is 3.61. The van der Waals surface area contributed by atoms with Crippen molar-refractivity contribution in [1.82, 2.24) is 5.32 Å². The van der Waals surface area contributed by atoms with E-state index >= 15 is 0 Å². The van der Waals surface area contributed by atoms with Gasteiger partial charge in [0.1, 0.15) is 0 Å². The van der Waals surface area contributed by atoms with Crippen molar-refractivity contribution in [2.24, 2.45) is 0 Å². The van der Waals surface area contributed by atoms with Crippen molar-refractivity contribution in [3.05, 3.63) is 12.2 Å². The molecule has 0 heterocycles. The van der Waals surface area contributed by atoms with Crippen LogP contribution in [0.1, 0.15) is 25.7 Å². The second kappa shape index (κ2) is 5.78. The highest BCUT2D eigenvalue weighted by atomic mass is 16.4. The predicted molar refractivity (Wildman–Crippen MR) is 53.0 cm³/mol. The Morgan fingerprint density at radius 2 is 2.14 bits per heavy atom. The van der Waals surface area contributed by atoms with Gasteiger partial charge in [-0.3, -0.25) is 0 Å². The molecule has 80 valence electrons. The zero-order valence-electron chi connectivity index (χ0n) is 8.15. The van der Waals surface area contributed by atoms with Gasteiger partial charge in [-0.2, -0.15) is 0 Å². The lowest BCUT2D eigenvalue weighted by molar-refractivity contribution is -0.131. The van der Waals surface area contributed by atoms with E-state index in [0.29, 0.717) is 6.54 Å². The lowest BCUT2D eigenvalue weighted by atomic mass is 9.93. The van der Waals surface area contributed by atoms with Gasteiger partial charge in [-0.15, -0.1) is 0 Å². The Morgan fingerprint density at radius 3 is 2.79 bits per heavy atom. The van der Waals surface area contributed by atoms with E-state index in [4.69, 9.17) is 5.11 Å². The third kappa shape index (κ3) is 3.89. The van der Waals surface area contributed by atoms with Gasteiger partial charge in [0.05, 0.1) is 6.10 Å². The minimum Gasteiger partial charge on any atom is -0.478 e. The Morgan fingerprint density at radius 1 is 1.43 bits per heavy atom. The van der Waals surface area contributed by atoms with Crippen molar-refractivity contribution in [2.75, 3.05) is 6.54 Å². The molecule has 0 amide bonds. The Balaban J connectivity index is 2.19. The molecular formula is C10H17NO3. The molecule has 2 unspecified atom stereocenters. The normalized spacial score (nSPS) is 28.1. The van der Waals surface area contributed by atoms with Crippen molar-refractivity contribution in [1.29, 1.82) is 0 Å². The van der Waals surface area contributed by atoms with Gasteiger partial charge in [0.25, 0.3) is 0 Å². The molecule has 1 rings (SSSR count). The van der Waals surface area contributed by atoms with Crippen LogP contribution in [-0.4, -0.2) is 34.9 Å². The first-order valence-corrected chi connectivity index (χ1v) is 5.01. The van der Waals surface area contributed by atoms with Gasteiger partial charge in [-0.25, -0.2) is 4.79 Å². The van der Waals surface area contributed by atoms with Crippen LogP contribution in [0.2, 0.25) is 0 Å². The van der Waals surface area contributed by atoms with Crippen molar-refractivity contribution in [3.63, 3.8) is 0 Å². The molecule has 3 N–H and O–H groups in total. The van der Waals surface area contributed by atoms with E-state index < -0.39 is 5.97 Å². The molecule has 0 radical (unpaired) electrons. The van der Waals surface area contributed by atoms with E-state index in [1.807, 2.05) is 0 Å². The molecule has 0 bridgehead atoms. The maximum atomic E-state index is 10.2. The molecule has 1 fully saturated rings. The SMILES string of the molecule is O=C(O)/C=C/CNC1CCCCC1O. The first-order chi connectivity index (χ1) is 6.70. The monoisotopic (exact) mass is 199 g/mol. The van der Waals surface area contributed by atoms with Crippen LogP contribution < -0.4 is 5.32 Å². The summed E-state index contributed by atoms with van der Waals surface area (Å²) in [5.41, 5.74) is 0. The van der Waals surface area contributed by atoms with Gasteiger partial charge in [-0.1, -0.05) is 18.9 Å². The summed E-state index contributed by atoms with van der Waals surface area (Å²) < 4.78 is 0. The molecular weight excluding hydrogens is 182 g/mol. The molecule has 0 spiro atoms. The fraction of sp³-hybridized carbons (Fsp3) is 0.700. The number of carboxylic acids is 1. The summed E-state index contributed by atoms with van der Waals surface area (Å²) in [7, 11) is 0. The maximum absolute atomic E-state index is 10.2. The molecule has 4 heteroatoms. The van der Waals surface area contributed by atoms with E-state index in [1.165, 1.54) is 0 Å². The summed E-state index contributed by atoms with van der Waals surface area (Å²) in [5, 5.41) is 21.0. The zero-order valence-corrected chi connectivity index (χ0v) is 8.15. The Hall–Kier alpha value is -0.870. The molecule has 14 heavy (non-hydrogen) atoms. The van der Waals surface area contributed by atoms with E-state index in [9.17, 15) is 9.90 Å². The molecule has 0 aromatic heterocycles. The summed E-state index contributed by atoms with van der Waals surface area (Å²) in [6.07, 6.45) is 6.44. The van der Waals surface area contributed by atoms with Gasteiger partial charge < -0.3 is 15.5 Å². The Bertz CT molecular complexity index is 215. The van der Waals surface area contributed by atoms with Crippen LogP contribution in [0, 0.1) is 0 Å². The van der Waals surface area contributed by atoms with Gasteiger partial charge in [0.15, 0.2) is 0 Å². The highest BCUT2D eigenvalue weighted by Crippen LogP contribution is 2.17. The maximum Gasteiger partial charge on any atom is 0.328 e. The quantitative estimate of drug-likeness (QED) is 0.577. The molecule has 1 aliphatic rings. The van der Waals surface area contributed by atoms with Crippen LogP contribution in [0.25, 0.3) is 0 Å². The summed E-state index contributed by atoms with van der Waals surface area (Å²) in [5.74, 6) is -0.934. The van der Waals surface area contributed by atoms with Gasteiger partial charge >= 0.3 is 5.97 Å². The van der Waals surface area contributed by atoms with Gasteiger partial charge in [0, 0.05) is 18.7 Å². The summed E-state index contributed by atoms with van der Waals surface area (Å²) >= 11 is 0. The number of hydrogen-bond donors (Lipinski definition) is 3. The Kier molecular flexibility index (Phi) is 4.62. The summed E-state index contributed by atoms with van der Waals surface area (Å²) in [6, 6.07) is 0.127. The fourth-order valence-corrected chi connectivity index (χ4v) is 1.73. The third-order valence-electron chi connectivity index (χ3n) is 2.49. The van der Waals surface area contributed by atoms with Crippen molar-refractivity contribution in [3.8, 4) is 0 Å². The first kappa shape index (κ1) is 11.2. The number of hydrogen-bond acceptors (Lipinski definition) is 3. The molecule has 0 aliphatic heterocycles. The summed E-state index contributed by atoms with van der Waals surface area (Å²) in [6.45, 7) is 0.508. The highest BCUT2D eigenvalue weighted by Gasteiger charge is 2.21. The molecule has 1 saturated carbocycles. The van der Waals surface area contributed by atoms with Crippen LogP contribution in [0.3, 0.4) is 0 Å². The van der Waals surface area contributed by atoms with Crippen molar-refractivity contribution < 1.29 is 15.0 Å². The van der Waals surface area contributed by atoms with Crippen molar-refractivity contribution in [2.45, 2.75) is 37.8 Å². The first-order valence-electron chi connectivity index (χ1n) is 5.01. The largest absolute Gasteiger partial charge is 0.478 e. The van der Waals surface area contributed by atoms with E-state index in [1.54, 1.807) is 6.08 Å². The molecule has 4 nitrogen and oxygen atoms in total. The number of rotatable bonds is 4. The topological polar surface area (TPSA) is 69.6 Å². The second-order valence-corrected chi connectivity index (χ2v) is 3.61. The van der Waals surface area contributed by atoms with E-state index in [0.717, 1.165) is 31.8 Å². The average Bonchev–Trinajstić information content (AvgIpc) is 2.15. The molecule has 1 aliphatic carbocycles. The zero-order chi connectivity index (χ0) is 10.4. The number of aliphatic hydroxyl groups is 1. The Labute approximate surface area is 83.6 Å². The molecule has 0 aromatic carbocycles. The van der Waals surface area contributed by atoms with E-state index in [2.05, 4.69) is 5.32 Å². The number of aliphatic carboxylic acids is 1. The number of nitrogens with one attached hydrogen (secondary N) is 1. The number of carboxylic acid groups (broad SMARTS) is 1. The third-order valence-corrected chi connectivity index (χ3v) is 2.49. The lowest BCUT2D eigenvalue weighted by Gasteiger charge is -2.27. The minimum atomic E-state index is -0.934. The van der Waals surface area contributed by atoms with E-state index in [-0.39, 0.29) is 12.1 Å².